The molecule has 0 N–H and O–H groups in total. The Hall–Kier alpha value is -2.95. The Balaban J connectivity index is 1.72. The van der Waals surface area contributed by atoms with Gasteiger partial charge >= 0.3 is 5.97 Å². The number of carbonyl (C=O) groups is 1. The molecule has 0 fully saturated rings. The number of esters is 1. The monoisotopic (exact) mass is 294 g/mol. The third-order valence-electron chi connectivity index (χ3n) is 3.10. The van der Waals surface area contributed by atoms with Crippen molar-refractivity contribution in [2.75, 3.05) is 0 Å². The second-order valence-electron chi connectivity index (χ2n) is 4.73. The number of aromatic nitrogens is 2. The Morgan fingerprint density at radius 3 is 2.32 bits per heavy atom. The molecule has 0 bridgehead atoms. The number of nitrogens with zero attached hydrogens (tertiary/aromatic N) is 2. The zero-order valence-electron chi connectivity index (χ0n) is 12.0. The summed E-state index contributed by atoms with van der Waals surface area (Å²) in [6.45, 7) is 1.70. The molecule has 22 heavy (non-hydrogen) atoms. The minimum Gasteiger partial charge on any atom is -0.449 e. The second kappa shape index (κ2) is 6.22. The highest BCUT2D eigenvalue weighted by Gasteiger charge is 2.19. The Morgan fingerprint density at radius 1 is 1.00 bits per heavy atom. The van der Waals surface area contributed by atoms with Gasteiger partial charge in [-0.1, -0.05) is 36.4 Å². The molecule has 0 spiro atoms. The summed E-state index contributed by atoms with van der Waals surface area (Å²) in [5.41, 5.74) is 1.31. The lowest BCUT2D eigenvalue weighted by Crippen LogP contribution is -2.09. The van der Waals surface area contributed by atoms with Crippen molar-refractivity contribution in [1.82, 2.24) is 10.2 Å². The van der Waals surface area contributed by atoms with E-state index in [2.05, 4.69) is 10.2 Å². The Morgan fingerprint density at radius 2 is 1.64 bits per heavy atom. The molecule has 1 atom stereocenters. The van der Waals surface area contributed by atoms with Gasteiger partial charge in [0.05, 0.1) is 5.56 Å². The van der Waals surface area contributed by atoms with Crippen molar-refractivity contribution in [3.05, 3.63) is 72.1 Å². The summed E-state index contributed by atoms with van der Waals surface area (Å²) in [6, 6.07) is 18.2. The summed E-state index contributed by atoms with van der Waals surface area (Å²) in [5.74, 6) is 0.244. The molecule has 5 nitrogen and oxygen atoms in total. The lowest BCUT2D eigenvalue weighted by Gasteiger charge is -2.09. The maximum Gasteiger partial charge on any atom is 0.338 e. The second-order valence-corrected chi connectivity index (χ2v) is 4.73. The van der Waals surface area contributed by atoms with Crippen LogP contribution in [0.25, 0.3) is 11.5 Å². The van der Waals surface area contributed by atoms with E-state index in [9.17, 15) is 4.79 Å². The highest BCUT2D eigenvalue weighted by Crippen LogP contribution is 2.22. The van der Waals surface area contributed by atoms with Crippen molar-refractivity contribution in [3.8, 4) is 11.5 Å². The summed E-state index contributed by atoms with van der Waals surface area (Å²) in [7, 11) is 0. The van der Waals surface area contributed by atoms with E-state index in [-0.39, 0.29) is 5.89 Å². The fraction of sp³-hybridized carbons (Fsp3) is 0.118. The molecule has 0 amide bonds. The number of ether oxygens (including phenoxy) is 1. The van der Waals surface area contributed by atoms with Crippen LogP contribution in [0.4, 0.5) is 0 Å². The van der Waals surface area contributed by atoms with Gasteiger partial charge in [0.15, 0.2) is 6.10 Å². The Kier molecular flexibility index (Phi) is 3.96. The standard InChI is InChI=1S/C17H14N2O3/c1-12(21-17(20)14-10-6-3-7-11-14)15-18-19-16(22-15)13-8-4-2-5-9-13/h2-12H,1H3/t12-/m1/s1. The van der Waals surface area contributed by atoms with E-state index in [1.807, 2.05) is 36.4 Å². The molecule has 2 aromatic carbocycles. The number of rotatable bonds is 4. The molecular formula is C17H14N2O3. The van der Waals surface area contributed by atoms with Gasteiger partial charge in [-0.2, -0.15) is 0 Å². The molecule has 3 aromatic rings. The van der Waals surface area contributed by atoms with Crippen molar-refractivity contribution >= 4 is 5.97 Å². The summed E-state index contributed by atoms with van der Waals surface area (Å²) < 4.78 is 10.9. The minimum absolute atomic E-state index is 0.267. The lowest BCUT2D eigenvalue weighted by atomic mass is 10.2. The van der Waals surface area contributed by atoms with Crippen LogP contribution in [0.15, 0.2) is 65.1 Å². The molecule has 0 unspecified atom stereocenters. The van der Waals surface area contributed by atoms with Crippen LogP contribution in [0, 0.1) is 0 Å². The molecule has 0 aliphatic carbocycles. The predicted molar refractivity (Wildman–Crippen MR) is 80.0 cm³/mol. The topological polar surface area (TPSA) is 65.2 Å². The van der Waals surface area contributed by atoms with Crippen molar-refractivity contribution in [2.24, 2.45) is 0 Å². The van der Waals surface area contributed by atoms with Crippen LogP contribution in [-0.2, 0) is 4.74 Å². The van der Waals surface area contributed by atoms with Crippen LogP contribution in [-0.4, -0.2) is 16.2 Å². The molecule has 3 rings (SSSR count). The van der Waals surface area contributed by atoms with Crippen molar-refractivity contribution in [2.45, 2.75) is 13.0 Å². The highest BCUT2D eigenvalue weighted by atomic mass is 16.6. The fourth-order valence-corrected chi connectivity index (χ4v) is 1.95. The first-order valence-electron chi connectivity index (χ1n) is 6.89. The molecule has 0 aliphatic heterocycles. The Labute approximate surface area is 127 Å². The smallest absolute Gasteiger partial charge is 0.338 e. The number of hydrogen-bond acceptors (Lipinski definition) is 5. The first-order valence-corrected chi connectivity index (χ1v) is 6.89. The van der Waals surface area contributed by atoms with Crippen LogP contribution in [0.3, 0.4) is 0 Å². The van der Waals surface area contributed by atoms with Crippen LogP contribution in [0.1, 0.15) is 29.3 Å². The highest BCUT2D eigenvalue weighted by molar-refractivity contribution is 5.89. The normalized spacial score (nSPS) is 11.9. The number of benzene rings is 2. The molecule has 0 aliphatic rings. The van der Waals surface area contributed by atoms with Crippen LogP contribution >= 0.6 is 0 Å². The summed E-state index contributed by atoms with van der Waals surface area (Å²) in [6.07, 6.45) is -0.613. The van der Waals surface area contributed by atoms with Crippen molar-refractivity contribution in [3.63, 3.8) is 0 Å². The van der Waals surface area contributed by atoms with E-state index >= 15 is 0 Å². The van der Waals surface area contributed by atoms with Gasteiger partial charge in [-0.25, -0.2) is 4.79 Å². The predicted octanol–water partition coefficient (Wildman–Crippen LogP) is 3.65. The van der Waals surface area contributed by atoms with E-state index in [0.29, 0.717) is 11.5 Å². The molecule has 1 aromatic heterocycles. The molecule has 5 heteroatoms. The van der Waals surface area contributed by atoms with E-state index in [4.69, 9.17) is 9.15 Å². The van der Waals surface area contributed by atoms with Crippen LogP contribution in [0.5, 0.6) is 0 Å². The Bertz CT molecular complexity index is 754. The molecule has 1 heterocycles. The van der Waals surface area contributed by atoms with Gasteiger partial charge in [-0.05, 0) is 31.2 Å². The molecule has 0 saturated heterocycles. The van der Waals surface area contributed by atoms with E-state index in [1.54, 1.807) is 31.2 Å². The molecular weight excluding hydrogens is 280 g/mol. The maximum atomic E-state index is 12.0. The van der Waals surface area contributed by atoms with Crippen LogP contribution < -0.4 is 0 Å². The first-order chi connectivity index (χ1) is 10.7. The van der Waals surface area contributed by atoms with Crippen molar-refractivity contribution in [1.29, 1.82) is 0 Å². The zero-order valence-corrected chi connectivity index (χ0v) is 12.0. The van der Waals surface area contributed by atoms with E-state index < -0.39 is 12.1 Å². The summed E-state index contributed by atoms with van der Waals surface area (Å²) in [4.78, 5) is 12.0. The van der Waals surface area contributed by atoms with Gasteiger partial charge < -0.3 is 9.15 Å². The summed E-state index contributed by atoms with van der Waals surface area (Å²) >= 11 is 0. The fourth-order valence-electron chi connectivity index (χ4n) is 1.95. The minimum atomic E-state index is -0.613. The van der Waals surface area contributed by atoms with Gasteiger partial charge in [-0.15, -0.1) is 10.2 Å². The van der Waals surface area contributed by atoms with Gasteiger partial charge in [0.25, 0.3) is 5.89 Å². The molecule has 0 radical (unpaired) electrons. The van der Waals surface area contributed by atoms with Gasteiger partial charge in [0.2, 0.25) is 5.89 Å². The number of hydrogen-bond donors (Lipinski definition) is 0. The quantitative estimate of drug-likeness (QED) is 0.687. The van der Waals surface area contributed by atoms with Gasteiger partial charge in [0.1, 0.15) is 0 Å². The molecule has 0 saturated carbocycles. The largest absolute Gasteiger partial charge is 0.449 e. The first kappa shape index (κ1) is 14.0. The van der Waals surface area contributed by atoms with E-state index in [0.717, 1.165) is 5.56 Å². The van der Waals surface area contributed by atoms with Gasteiger partial charge in [0, 0.05) is 5.56 Å². The zero-order chi connectivity index (χ0) is 15.4. The maximum absolute atomic E-state index is 12.0. The van der Waals surface area contributed by atoms with Crippen molar-refractivity contribution < 1.29 is 13.9 Å². The van der Waals surface area contributed by atoms with Gasteiger partial charge in [-0.3, -0.25) is 0 Å². The van der Waals surface area contributed by atoms with E-state index in [1.165, 1.54) is 0 Å². The van der Waals surface area contributed by atoms with Crippen LogP contribution in [0.2, 0.25) is 0 Å². The summed E-state index contributed by atoms with van der Waals surface area (Å²) in [5, 5.41) is 7.92. The third kappa shape index (κ3) is 3.03. The molecule has 110 valence electrons. The SMILES string of the molecule is C[C@@H](OC(=O)c1ccccc1)c1nnc(-c2ccccc2)o1. The number of carbonyl (C=O) groups excluding carboxylic acids is 1. The average molecular weight is 294 g/mol. The average Bonchev–Trinajstić information content (AvgIpc) is 3.06. The lowest BCUT2D eigenvalue weighted by molar-refractivity contribution is 0.0280. The third-order valence-corrected chi connectivity index (χ3v) is 3.10.